The Morgan fingerprint density at radius 2 is 1.88 bits per heavy atom. The minimum Gasteiger partial charge on any atom is -0.449 e. The number of H-pyrrole nitrogens is 1. The van der Waals surface area contributed by atoms with E-state index >= 15 is 0 Å². The van der Waals surface area contributed by atoms with Crippen molar-refractivity contribution in [2.24, 2.45) is 0 Å². The molecule has 0 saturated heterocycles. The van der Waals surface area contributed by atoms with Crippen LogP contribution in [-0.2, 0) is 9.53 Å². The Morgan fingerprint density at radius 3 is 2.52 bits per heavy atom. The highest BCUT2D eigenvalue weighted by molar-refractivity contribution is 5.91. The van der Waals surface area contributed by atoms with E-state index in [0.717, 1.165) is 12.0 Å². The molecule has 0 fully saturated rings. The van der Waals surface area contributed by atoms with Crippen molar-refractivity contribution in [3.8, 4) is 0 Å². The summed E-state index contributed by atoms with van der Waals surface area (Å²) in [6, 6.07) is 12.8. The van der Waals surface area contributed by atoms with Crippen molar-refractivity contribution in [3.05, 3.63) is 70.1 Å². The van der Waals surface area contributed by atoms with Crippen molar-refractivity contribution in [1.29, 1.82) is 0 Å². The number of benzene rings is 1. The van der Waals surface area contributed by atoms with E-state index in [4.69, 9.17) is 4.74 Å². The van der Waals surface area contributed by atoms with Gasteiger partial charge in [-0.3, -0.25) is 9.59 Å². The lowest BCUT2D eigenvalue weighted by Gasteiger charge is -2.18. The van der Waals surface area contributed by atoms with Crippen molar-refractivity contribution >= 4 is 11.9 Å². The van der Waals surface area contributed by atoms with Crippen LogP contribution in [0.4, 0.5) is 0 Å². The molecule has 0 aliphatic carbocycles. The zero-order valence-electron chi connectivity index (χ0n) is 14.3. The molecule has 132 valence electrons. The van der Waals surface area contributed by atoms with Gasteiger partial charge in [0.15, 0.2) is 6.10 Å². The molecule has 0 radical (unpaired) electrons. The highest BCUT2D eigenvalue weighted by Crippen LogP contribution is 2.18. The second kappa shape index (κ2) is 8.82. The third-order valence-electron chi connectivity index (χ3n) is 3.98. The number of esters is 1. The maximum atomic E-state index is 12.2. The van der Waals surface area contributed by atoms with E-state index in [9.17, 15) is 14.4 Å². The van der Waals surface area contributed by atoms with Crippen LogP contribution >= 0.6 is 0 Å². The Balaban J connectivity index is 1.91. The highest BCUT2D eigenvalue weighted by Gasteiger charge is 2.21. The topological polar surface area (TPSA) is 88.3 Å². The first-order valence-electron chi connectivity index (χ1n) is 8.24. The minimum atomic E-state index is -0.986. The van der Waals surface area contributed by atoms with Gasteiger partial charge in [-0.05, 0) is 31.0 Å². The maximum Gasteiger partial charge on any atom is 0.344 e. The summed E-state index contributed by atoms with van der Waals surface area (Å²) in [5.41, 5.74) is 0.471. The van der Waals surface area contributed by atoms with Gasteiger partial charge in [-0.25, -0.2) is 4.79 Å². The van der Waals surface area contributed by atoms with Crippen LogP contribution in [-0.4, -0.2) is 29.5 Å². The van der Waals surface area contributed by atoms with Gasteiger partial charge in [0.2, 0.25) is 0 Å². The lowest BCUT2D eigenvalue weighted by Crippen LogP contribution is -2.38. The first-order valence-corrected chi connectivity index (χ1v) is 8.24. The number of rotatable bonds is 7. The molecule has 1 heterocycles. The molecule has 1 aromatic carbocycles. The van der Waals surface area contributed by atoms with Crippen LogP contribution in [0.5, 0.6) is 0 Å². The Labute approximate surface area is 146 Å². The molecular weight excluding hydrogens is 320 g/mol. The fraction of sp³-hybridized carbons (Fsp3) is 0.316. The lowest BCUT2D eigenvalue weighted by molar-refractivity contribution is -0.129. The summed E-state index contributed by atoms with van der Waals surface area (Å²) in [7, 11) is 0. The number of carbonyl (C=O) groups excluding carboxylic acids is 2. The number of nitrogens with one attached hydrogen (secondary N) is 2. The number of pyridine rings is 1. The van der Waals surface area contributed by atoms with Crippen LogP contribution in [0.15, 0.2) is 53.5 Å². The third-order valence-corrected chi connectivity index (χ3v) is 3.98. The summed E-state index contributed by atoms with van der Waals surface area (Å²) < 4.78 is 5.08. The average Bonchev–Trinajstić information content (AvgIpc) is 2.63. The first kappa shape index (κ1) is 18.4. The molecule has 6 heteroatoms. The molecule has 0 aliphatic rings. The Bertz CT molecular complexity index is 770. The van der Waals surface area contributed by atoms with Crippen molar-refractivity contribution in [2.75, 3.05) is 6.54 Å². The molecule has 6 nitrogen and oxygen atoms in total. The van der Waals surface area contributed by atoms with Gasteiger partial charge in [0.05, 0.1) is 0 Å². The number of carbonyl (C=O) groups is 2. The van der Waals surface area contributed by atoms with E-state index in [-0.39, 0.29) is 11.5 Å². The predicted octanol–water partition coefficient (Wildman–Crippen LogP) is 2.23. The Morgan fingerprint density at radius 1 is 1.16 bits per heavy atom. The Kier molecular flexibility index (Phi) is 6.51. The fourth-order valence-corrected chi connectivity index (χ4v) is 2.45. The molecule has 2 N–H and O–H groups in total. The van der Waals surface area contributed by atoms with Gasteiger partial charge in [-0.2, -0.15) is 0 Å². The van der Waals surface area contributed by atoms with E-state index in [0.29, 0.717) is 6.54 Å². The number of ether oxygens (including phenoxy) is 1. The van der Waals surface area contributed by atoms with Crippen molar-refractivity contribution in [1.82, 2.24) is 10.3 Å². The van der Waals surface area contributed by atoms with Gasteiger partial charge >= 0.3 is 5.97 Å². The van der Waals surface area contributed by atoms with Crippen molar-refractivity contribution < 1.29 is 14.3 Å². The zero-order valence-corrected chi connectivity index (χ0v) is 14.3. The van der Waals surface area contributed by atoms with Crippen LogP contribution in [0.25, 0.3) is 0 Å². The summed E-state index contributed by atoms with van der Waals surface area (Å²) in [5.74, 6) is -1.03. The number of hydrogen-bond acceptors (Lipinski definition) is 4. The number of hydrogen-bond donors (Lipinski definition) is 2. The standard InChI is InChI=1S/C19H22N2O4/c1-3-14(15-8-5-4-6-9-15)12-21-17(22)13(2)25-19(24)16-10-7-11-20-18(16)23/h4-11,13-14H,3,12H2,1-2H3,(H,20,23)(H,21,22)/t13-,14+/m1/s1. The minimum absolute atomic E-state index is 0.127. The van der Waals surface area contributed by atoms with Crippen molar-refractivity contribution in [2.45, 2.75) is 32.3 Å². The zero-order chi connectivity index (χ0) is 18.2. The number of aromatic nitrogens is 1. The molecule has 0 aliphatic heterocycles. The molecule has 25 heavy (non-hydrogen) atoms. The molecule has 0 bridgehead atoms. The molecule has 2 rings (SSSR count). The molecule has 2 aromatic rings. The first-order chi connectivity index (χ1) is 12.0. The van der Waals surface area contributed by atoms with Gasteiger partial charge in [-0.1, -0.05) is 37.3 Å². The summed E-state index contributed by atoms with van der Waals surface area (Å²) in [4.78, 5) is 38.1. The second-order valence-corrected chi connectivity index (χ2v) is 5.72. The third kappa shape index (κ3) is 5.04. The fourth-order valence-electron chi connectivity index (χ4n) is 2.45. The molecule has 1 aromatic heterocycles. The molecule has 0 saturated carbocycles. The predicted molar refractivity (Wildman–Crippen MR) is 94.4 cm³/mol. The van der Waals surface area contributed by atoms with Crippen LogP contribution < -0.4 is 10.9 Å². The quantitative estimate of drug-likeness (QED) is 0.755. The molecule has 0 spiro atoms. The van der Waals surface area contributed by atoms with Gasteiger partial charge < -0.3 is 15.0 Å². The van der Waals surface area contributed by atoms with Crippen LogP contribution in [0.2, 0.25) is 0 Å². The maximum absolute atomic E-state index is 12.2. The van der Waals surface area contributed by atoms with Gasteiger partial charge in [0, 0.05) is 18.7 Å². The summed E-state index contributed by atoms with van der Waals surface area (Å²) >= 11 is 0. The molecule has 2 atom stereocenters. The van der Waals surface area contributed by atoms with E-state index < -0.39 is 23.5 Å². The highest BCUT2D eigenvalue weighted by atomic mass is 16.5. The van der Waals surface area contributed by atoms with Gasteiger partial charge in [-0.15, -0.1) is 0 Å². The van der Waals surface area contributed by atoms with Crippen LogP contribution in [0.1, 0.15) is 42.1 Å². The van der Waals surface area contributed by atoms with Gasteiger partial charge in [0.25, 0.3) is 11.5 Å². The molecule has 0 unspecified atom stereocenters. The summed E-state index contributed by atoms with van der Waals surface area (Å²) in [6.45, 7) is 3.98. The van der Waals surface area contributed by atoms with Crippen LogP contribution in [0, 0.1) is 0 Å². The second-order valence-electron chi connectivity index (χ2n) is 5.72. The smallest absolute Gasteiger partial charge is 0.344 e. The number of aromatic amines is 1. The summed E-state index contributed by atoms with van der Waals surface area (Å²) in [6.07, 6.45) is 1.31. The molecule has 1 amide bonds. The largest absolute Gasteiger partial charge is 0.449 e. The number of amides is 1. The van der Waals surface area contributed by atoms with Crippen molar-refractivity contribution in [3.63, 3.8) is 0 Å². The van der Waals surface area contributed by atoms with E-state index in [1.165, 1.54) is 25.3 Å². The van der Waals surface area contributed by atoms with Gasteiger partial charge in [0.1, 0.15) is 5.56 Å². The van der Waals surface area contributed by atoms with E-state index in [1.54, 1.807) is 0 Å². The normalized spacial score (nSPS) is 12.9. The Hall–Kier alpha value is -2.89. The van der Waals surface area contributed by atoms with E-state index in [2.05, 4.69) is 17.2 Å². The average molecular weight is 342 g/mol. The molecular formula is C19H22N2O4. The summed E-state index contributed by atoms with van der Waals surface area (Å²) in [5, 5.41) is 2.80. The lowest BCUT2D eigenvalue weighted by atomic mass is 9.96. The van der Waals surface area contributed by atoms with E-state index in [1.807, 2.05) is 30.3 Å². The monoisotopic (exact) mass is 342 g/mol. The van der Waals surface area contributed by atoms with Crippen LogP contribution in [0.3, 0.4) is 0 Å². The SMILES string of the molecule is CC[C@@H](CNC(=O)[C@@H](C)OC(=O)c1ccc[nH]c1=O)c1ccccc1.